The molecule has 0 aliphatic carbocycles. The van der Waals surface area contributed by atoms with Gasteiger partial charge in [-0.05, 0) is 24.8 Å². The van der Waals surface area contributed by atoms with Gasteiger partial charge in [0.25, 0.3) is 5.60 Å². The molecule has 128 valence electrons. The SMILES string of the molecule is CCCCOC(=O)C(O)(C=O)C=O.CCCCc1ccccc1. The highest BCUT2D eigenvalue weighted by Crippen LogP contribution is 2.03. The number of hydrogen-bond acceptors (Lipinski definition) is 5. The normalized spacial score (nSPS) is 10.2. The maximum Gasteiger partial charge on any atom is 0.353 e. The van der Waals surface area contributed by atoms with Gasteiger partial charge in [-0.25, -0.2) is 4.79 Å². The summed E-state index contributed by atoms with van der Waals surface area (Å²) in [6.45, 7) is 4.21. The van der Waals surface area contributed by atoms with Gasteiger partial charge in [-0.2, -0.15) is 0 Å². The first-order chi connectivity index (χ1) is 11.0. The smallest absolute Gasteiger partial charge is 0.353 e. The minimum atomic E-state index is -2.63. The van der Waals surface area contributed by atoms with Crippen molar-refractivity contribution in [3.05, 3.63) is 35.9 Å². The Labute approximate surface area is 137 Å². The molecule has 0 saturated carbocycles. The molecule has 0 aliphatic rings. The third-order valence-corrected chi connectivity index (χ3v) is 3.08. The molecule has 0 bridgehead atoms. The molecule has 1 aromatic carbocycles. The molecule has 1 aromatic rings. The van der Waals surface area contributed by atoms with E-state index >= 15 is 0 Å². The van der Waals surface area contributed by atoms with Gasteiger partial charge < -0.3 is 9.84 Å². The van der Waals surface area contributed by atoms with Crippen LogP contribution < -0.4 is 0 Å². The summed E-state index contributed by atoms with van der Waals surface area (Å²) in [4.78, 5) is 31.2. The largest absolute Gasteiger partial charge is 0.463 e. The van der Waals surface area contributed by atoms with Crippen LogP contribution in [0.3, 0.4) is 0 Å². The molecule has 0 saturated heterocycles. The van der Waals surface area contributed by atoms with Gasteiger partial charge in [0.1, 0.15) is 0 Å². The van der Waals surface area contributed by atoms with Crippen molar-refractivity contribution in [2.45, 2.75) is 51.6 Å². The first kappa shape index (κ1) is 21.0. The molecule has 0 aliphatic heterocycles. The second kappa shape index (κ2) is 12.5. The van der Waals surface area contributed by atoms with Crippen LogP contribution in [0.15, 0.2) is 30.3 Å². The maximum absolute atomic E-state index is 10.9. The van der Waals surface area contributed by atoms with Crippen LogP contribution in [0.5, 0.6) is 0 Å². The van der Waals surface area contributed by atoms with E-state index in [-0.39, 0.29) is 19.2 Å². The van der Waals surface area contributed by atoms with E-state index in [0.29, 0.717) is 6.42 Å². The average Bonchev–Trinajstić information content (AvgIpc) is 2.60. The monoisotopic (exact) mass is 322 g/mol. The highest BCUT2D eigenvalue weighted by Gasteiger charge is 2.37. The number of unbranched alkanes of at least 4 members (excludes halogenated alkanes) is 2. The lowest BCUT2D eigenvalue weighted by atomic mass is 10.1. The van der Waals surface area contributed by atoms with Crippen LogP contribution in [-0.4, -0.2) is 35.9 Å². The molecule has 0 radical (unpaired) electrons. The van der Waals surface area contributed by atoms with E-state index < -0.39 is 11.6 Å². The van der Waals surface area contributed by atoms with E-state index in [4.69, 9.17) is 5.11 Å². The quantitative estimate of drug-likeness (QED) is 0.327. The number of aldehydes is 2. The molecule has 0 spiro atoms. The van der Waals surface area contributed by atoms with Crippen molar-refractivity contribution < 1.29 is 24.2 Å². The standard InChI is InChI=1S/C10H14.C8H12O5/c1-2-3-7-10-8-5-4-6-9-10;1-2-3-4-13-7(11)8(12,5-9)6-10/h4-6,8-9H,2-3,7H2,1H3;5-6,12H,2-4H2,1H3. The molecule has 0 atom stereocenters. The van der Waals surface area contributed by atoms with Gasteiger partial charge in [0.2, 0.25) is 0 Å². The predicted molar refractivity (Wildman–Crippen MR) is 88.0 cm³/mol. The summed E-state index contributed by atoms with van der Waals surface area (Å²) < 4.78 is 4.48. The van der Waals surface area contributed by atoms with Gasteiger partial charge in [-0.3, -0.25) is 9.59 Å². The van der Waals surface area contributed by atoms with Gasteiger partial charge in [0, 0.05) is 0 Å². The molecule has 23 heavy (non-hydrogen) atoms. The fourth-order valence-corrected chi connectivity index (χ4v) is 1.57. The Bertz CT molecular complexity index is 448. The summed E-state index contributed by atoms with van der Waals surface area (Å²) in [7, 11) is 0. The zero-order valence-corrected chi connectivity index (χ0v) is 13.9. The van der Waals surface area contributed by atoms with Crippen LogP contribution in [-0.2, 0) is 25.5 Å². The highest BCUT2D eigenvalue weighted by atomic mass is 16.6. The molecule has 0 unspecified atom stereocenters. The minimum absolute atomic E-state index is 0.0966. The molecule has 0 aromatic heterocycles. The highest BCUT2D eigenvalue weighted by molar-refractivity contribution is 6.11. The molecule has 5 heteroatoms. The maximum atomic E-state index is 10.9. The number of benzene rings is 1. The lowest BCUT2D eigenvalue weighted by molar-refractivity contribution is -0.167. The van der Waals surface area contributed by atoms with E-state index in [9.17, 15) is 14.4 Å². The van der Waals surface area contributed by atoms with E-state index in [1.54, 1.807) is 0 Å². The second-order valence-electron chi connectivity index (χ2n) is 5.14. The zero-order chi connectivity index (χ0) is 17.6. The minimum Gasteiger partial charge on any atom is -0.463 e. The molecule has 0 amide bonds. The summed E-state index contributed by atoms with van der Waals surface area (Å²) in [6, 6.07) is 10.6. The Morgan fingerprint density at radius 1 is 1.09 bits per heavy atom. The molecular weight excluding hydrogens is 296 g/mol. The van der Waals surface area contributed by atoms with E-state index in [1.807, 2.05) is 6.92 Å². The summed E-state index contributed by atoms with van der Waals surface area (Å²) in [5.41, 5.74) is -1.17. The average molecular weight is 322 g/mol. The Morgan fingerprint density at radius 2 is 1.65 bits per heavy atom. The zero-order valence-electron chi connectivity index (χ0n) is 13.9. The predicted octanol–water partition coefficient (Wildman–Crippen LogP) is 2.49. The summed E-state index contributed by atoms with van der Waals surface area (Å²) >= 11 is 0. The Kier molecular flexibility index (Phi) is 11.4. The number of aliphatic hydroxyl groups is 1. The first-order valence-corrected chi connectivity index (χ1v) is 7.90. The third-order valence-electron chi connectivity index (χ3n) is 3.08. The van der Waals surface area contributed by atoms with Crippen molar-refractivity contribution >= 4 is 18.5 Å². The van der Waals surface area contributed by atoms with Gasteiger partial charge in [0.05, 0.1) is 6.61 Å². The van der Waals surface area contributed by atoms with E-state index in [0.717, 1.165) is 6.42 Å². The van der Waals surface area contributed by atoms with Crippen LogP contribution in [0.25, 0.3) is 0 Å². The number of hydrogen-bond donors (Lipinski definition) is 1. The van der Waals surface area contributed by atoms with Crippen molar-refractivity contribution in [3.8, 4) is 0 Å². The molecule has 1 rings (SSSR count). The summed E-state index contributed by atoms with van der Waals surface area (Å²) in [5.74, 6) is -1.22. The van der Waals surface area contributed by atoms with Crippen LogP contribution in [0, 0.1) is 0 Å². The topological polar surface area (TPSA) is 80.7 Å². The lowest BCUT2D eigenvalue weighted by Gasteiger charge is -2.12. The first-order valence-electron chi connectivity index (χ1n) is 7.90. The number of ether oxygens (including phenoxy) is 1. The number of carbonyl (C=O) groups is 3. The molecular formula is C18H26O5. The number of aryl methyl sites for hydroxylation is 1. The number of esters is 1. The Balaban J connectivity index is 0.000000433. The molecule has 1 N–H and O–H groups in total. The molecule has 0 heterocycles. The van der Waals surface area contributed by atoms with Gasteiger partial charge in [0.15, 0.2) is 12.6 Å². The summed E-state index contributed by atoms with van der Waals surface area (Å²) in [5, 5.41) is 8.99. The van der Waals surface area contributed by atoms with Crippen molar-refractivity contribution in [1.82, 2.24) is 0 Å². The third kappa shape index (κ3) is 8.88. The molecule has 0 fully saturated rings. The van der Waals surface area contributed by atoms with Crippen molar-refractivity contribution in [1.29, 1.82) is 0 Å². The second-order valence-corrected chi connectivity index (χ2v) is 5.14. The summed E-state index contributed by atoms with van der Waals surface area (Å²) in [6.07, 6.45) is 4.98. The van der Waals surface area contributed by atoms with Gasteiger partial charge in [-0.1, -0.05) is 57.0 Å². The number of rotatable bonds is 9. The van der Waals surface area contributed by atoms with Crippen molar-refractivity contribution in [2.75, 3.05) is 6.61 Å². The van der Waals surface area contributed by atoms with Crippen LogP contribution in [0.4, 0.5) is 0 Å². The van der Waals surface area contributed by atoms with E-state index in [2.05, 4.69) is 42.0 Å². The number of carbonyl (C=O) groups excluding carboxylic acids is 3. The Hall–Kier alpha value is -2.01. The van der Waals surface area contributed by atoms with Gasteiger partial charge >= 0.3 is 5.97 Å². The van der Waals surface area contributed by atoms with Gasteiger partial charge in [-0.15, -0.1) is 0 Å². The van der Waals surface area contributed by atoms with Crippen LogP contribution in [0.2, 0.25) is 0 Å². The molecule has 5 nitrogen and oxygen atoms in total. The van der Waals surface area contributed by atoms with Crippen molar-refractivity contribution in [2.24, 2.45) is 0 Å². The fraction of sp³-hybridized carbons (Fsp3) is 0.500. The van der Waals surface area contributed by atoms with Crippen LogP contribution in [0.1, 0.15) is 45.1 Å². The Morgan fingerprint density at radius 3 is 2.13 bits per heavy atom. The van der Waals surface area contributed by atoms with Crippen LogP contribution >= 0.6 is 0 Å². The van der Waals surface area contributed by atoms with E-state index in [1.165, 1.54) is 24.8 Å². The lowest BCUT2D eigenvalue weighted by Crippen LogP contribution is -2.43. The fourth-order valence-electron chi connectivity index (χ4n) is 1.57. The van der Waals surface area contributed by atoms with Crippen molar-refractivity contribution in [3.63, 3.8) is 0 Å².